The Balaban J connectivity index is 0. The van der Waals surface area contributed by atoms with Crippen LogP contribution in [0.5, 0.6) is 0 Å². The Hall–Kier alpha value is 0.210. The van der Waals surface area contributed by atoms with Gasteiger partial charge in [-0.3, -0.25) is 0 Å². The minimum atomic E-state index is 0. The molecule has 1 heterocycles. The molecule has 3 N–H and O–H groups in total. The average molecular weight is 336 g/mol. The van der Waals surface area contributed by atoms with E-state index in [0.29, 0.717) is 17.6 Å². The number of unbranched alkanes of at least 4 members (excludes halogenated alkanes) is 10. The Morgan fingerprint density at radius 1 is 0.773 bits per heavy atom. The van der Waals surface area contributed by atoms with E-state index in [1.165, 1.54) is 77.0 Å². The van der Waals surface area contributed by atoms with Crippen molar-refractivity contribution in [2.45, 2.75) is 117 Å². The highest BCUT2D eigenvalue weighted by atomic mass is 35.5. The molecule has 1 aliphatic heterocycles. The fraction of sp³-hybridized carbons (Fsp3) is 1.00. The van der Waals surface area contributed by atoms with Gasteiger partial charge in [-0.1, -0.05) is 91.4 Å². The summed E-state index contributed by atoms with van der Waals surface area (Å²) in [6.45, 7) is 9.24. The van der Waals surface area contributed by atoms with E-state index in [-0.39, 0.29) is 18.6 Å². The molecule has 1 rings (SSSR count). The molecule has 0 radical (unpaired) electrons. The summed E-state index contributed by atoms with van der Waals surface area (Å²) in [4.78, 5) is 0. The van der Waals surface area contributed by atoms with Gasteiger partial charge in [-0.2, -0.15) is 0 Å². The Bertz CT molecular complexity index is 246. The third kappa shape index (κ3) is 10.9. The molecule has 2 nitrogen and oxygen atoms in total. The quantitative estimate of drug-likeness (QED) is 0.288. The minimum Gasteiger partial charge on any atom is -0.369 e. The van der Waals surface area contributed by atoms with E-state index in [0.717, 1.165) is 0 Å². The van der Waals surface area contributed by atoms with Crippen LogP contribution in [-0.2, 0) is 4.74 Å². The van der Waals surface area contributed by atoms with Gasteiger partial charge in [-0.05, 0) is 18.8 Å². The number of hydrogen-bond acceptors (Lipinski definition) is 2. The molecule has 0 amide bonds. The van der Waals surface area contributed by atoms with Gasteiger partial charge in [-0.15, -0.1) is 12.4 Å². The maximum atomic E-state index is 5.63. The molecule has 2 unspecified atom stereocenters. The van der Waals surface area contributed by atoms with Crippen LogP contribution in [0.15, 0.2) is 0 Å². The van der Waals surface area contributed by atoms with Crippen LogP contribution in [0.4, 0.5) is 0 Å². The van der Waals surface area contributed by atoms with Crippen LogP contribution < -0.4 is 6.15 Å². The summed E-state index contributed by atoms with van der Waals surface area (Å²) in [5.41, 5.74) is 0.401. The molecule has 1 fully saturated rings. The summed E-state index contributed by atoms with van der Waals surface area (Å²) >= 11 is 0. The molecule has 0 aromatic heterocycles. The summed E-state index contributed by atoms with van der Waals surface area (Å²) in [5, 5.41) is 0. The molecule has 0 bridgehead atoms. The summed E-state index contributed by atoms with van der Waals surface area (Å²) in [7, 11) is 0. The Morgan fingerprint density at radius 2 is 1.14 bits per heavy atom. The lowest BCUT2D eigenvalue weighted by molar-refractivity contribution is 0.219. The van der Waals surface area contributed by atoms with Crippen LogP contribution >= 0.6 is 12.4 Å². The van der Waals surface area contributed by atoms with E-state index in [9.17, 15) is 0 Å². The number of ether oxygens (including phenoxy) is 1. The molecule has 0 spiro atoms. The maximum absolute atomic E-state index is 5.63. The summed E-state index contributed by atoms with van der Waals surface area (Å²) in [6.07, 6.45) is 18.1. The molecule has 0 aromatic rings. The zero-order valence-electron chi connectivity index (χ0n) is 15.7. The van der Waals surface area contributed by atoms with Crippen LogP contribution in [0.25, 0.3) is 0 Å². The second-order valence-electron chi connectivity index (χ2n) is 7.54. The van der Waals surface area contributed by atoms with Gasteiger partial charge in [0.15, 0.2) is 0 Å². The van der Waals surface area contributed by atoms with Crippen molar-refractivity contribution < 1.29 is 4.74 Å². The lowest BCUT2D eigenvalue weighted by atomic mass is 9.82. The van der Waals surface area contributed by atoms with Gasteiger partial charge < -0.3 is 10.9 Å². The third-order valence-corrected chi connectivity index (χ3v) is 4.91. The molecule has 22 heavy (non-hydrogen) atoms. The average Bonchev–Trinajstić information content (AvgIpc) is 3.14. The van der Waals surface area contributed by atoms with Gasteiger partial charge in [0.1, 0.15) is 0 Å². The molecular weight excluding hydrogens is 294 g/mol. The third-order valence-electron chi connectivity index (χ3n) is 4.91. The Morgan fingerprint density at radius 3 is 1.50 bits per heavy atom. The smallest absolute Gasteiger partial charge is 0.0889 e. The summed E-state index contributed by atoms with van der Waals surface area (Å²) in [6, 6.07) is 0. The first-order valence-electron chi connectivity index (χ1n) is 9.23. The van der Waals surface area contributed by atoms with E-state index in [2.05, 4.69) is 27.7 Å². The molecule has 0 saturated carbocycles. The molecule has 1 saturated heterocycles. The highest BCUT2D eigenvalue weighted by Gasteiger charge is 2.45. The zero-order valence-corrected chi connectivity index (χ0v) is 16.5. The van der Waals surface area contributed by atoms with Gasteiger partial charge in [0.2, 0.25) is 0 Å². The first kappa shape index (κ1) is 24.5. The molecule has 2 atom stereocenters. The first-order valence-corrected chi connectivity index (χ1v) is 9.23. The standard InChI is InChI=1S/C19H38O.ClH.H3N/c1-5-6-7-8-9-10-11-12-13-14-15-16-19(3,4)18-17(2)20-18;;/h17-18H,5-16H2,1-4H3;1H;1H3. The summed E-state index contributed by atoms with van der Waals surface area (Å²) < 4.78 is 5.63. The maximum Gasteiger partial charge on any atom is 0.0889 e. The SMILES string of the molecule is CCCCCCCCCCCCCC(C)(C)C1OC1C.Cl.N. The van der Waals surface area contributed by atoms with Crippen molar-refractivity contribution in [3.63, 3.8) is 0 Å². The lowest BCUT2D eigenvalue weighted by Gasteiger charge is -2.22. The van der Waals surface area contributed by atoms with E-state index in [4.69, 9.17) is 4.74 Å². The molecular formula is C19H42ClNO. The van der Waals surface area contributed by atoms with Crippen molar-refractivity contribution in [2.24, 2.45) is 5.41 Å². The van der Waals surface area contributed by atoms with Crippen LogP contribution in [0.2, 0.25) is 0 Å². The van der Waals surface area contributed by atoms with Gasteiger partial charge in [0.25, 0.3) is 0 Å². The molecule has 136 valence electrons. The van der Waals surface area contributed by atoms with E-state index in [1.807, 2.05) is 0 Å². The predicted molar refractivity (Wildman–Crippen MR) is 101 cm³/mol. The largest absolute Gasteiger partial charge is 0.369 e. The van der Waals surface area contributed by atoms with Crippen LogP contribution in [-0.4, -0.2) is 12.2 Å². The van der Waals surface area contributed by atoms with E-state index < -0.39 is 0 Å². The zero-order chi connectivity index (χ0) is 14.8. The lowest BCUT2D eigenvalue weighted by Crippen LogP contribution is -2.20. The Kier molecular flexibility index (Phi) is 15.2. The number of rotatable bonds is 13. The molecule has 3 heteroatoms. The Labute approximate surface area is 146 Å². The van der Waals surface area contributed by atoms with Crippen LogP contribution in [0, 0.1) is 5.41 Å². The minimum absolute atomic E-state index is 0. The number of halogens is 1. The molecule has 0 aromatic carbocycles. The van der Waals surface area contributed by atoms with Crippen molar-refractivity contribution in [3.05, 3.63) is 0 Å². The normalized spacial score (nSPS) is 20.2. The second kappa shape index (κ2) is 13.6. The number of epoxide rings is 1. The fourth-order valence-corrected chi connectivity index (χ4v) is 3.39. The van der Waals surface area contributed by atoms with Crippen molar-refractivity contribution in [1.82, 2.24) is 6.15 Å². The van der Waals surface area contributed by atoms with Gasteiger partial charge in [0, 0.05) is 0 Å². The summed E-state index contributed by atoms with van der Waals surface area (Å²) in [5.74, 6) is 0. The van der Waals surface area contributed by atoms with Gasteiger partial charge in [-0.25, -0.2) is 0 Å². The monoisotopic (exact) mass is 335 g/mol. The number of hydrogen-bond donors (Lipinski definition) is 1. The van der Waals surface area contributed by atoms with Gasteiger partial charge >= 0.3 is 0 Å². The first-order chi connectivity index (χ1) is 9.58. The van der Waals surface area contributed by atoms with Crippen molar-refractivity contribution >= 4 is 12.4 Å². The van der Waals surface area contributed by atoms with Crippen molar-refractivity contribution in [2.75, 3.05) is 0 Å². The van der Waals surface area contributed by atoms with Crippen molar-refractivity contribution in [1.29, 1.82) is 0 Å². The topological polar surface area (TPSA) is 47.5 Å². The van der Waals surface area contributed by atoms with Crippen molar-refractivity contribution in [3.8, 4) is 0 Å². The second-order valence-corrected chi connectivity index (χ2v) is 7.54. The van der Waals surface area contributed by atoms with E-state index >= 15 is 0 Å². The highest BCUT2D eigenvalue weighted by molar-refractivity contribution is 5.85. The molecule has 0 aliphatic carbocycles. The molecule has 1 aliphatic rings. The van der Waals surface area contributed by atoms with Crippen LogP contribution in [0.3, 0.4) is 0 Å². The fourth-order valence-electron chi connectivity index (χ4n) is 3.39. The highest BCUT2D eigenvalue weighted by Crippen LogP contribution is 2.41. The van der Waals surface area contributed by atoms with Gasteiger partial charge in [0.05, 0.1) is 12.2 Å². The van der Waals surface area contributed by atoms with Crippen LogP contribution in [0.1, 0.15) is 105 Å². The van der Waals surface area contributed by atoms with E-state index in [1.54, 1.807) is 0 Å². The predicted octanol–water partition coefficient (Wildman–Crippen LogP) is 7.08.